The largest absolute Gasteiger partial charge is 0.494 e. The molecule has 2 N–H and O–H groups in total. The number of rotatable bonds is 4. The molecule has 5 nitrogen and oxygen atoms in total. The van der Waals surface area contributed by atoms with Gasteiger partial charge in [-0.25, -0.2) is 0 Å². The van der Waals surface area contributed by atoms with Crippen molar-refractivity contribution in [2.24, 2.45) is 4.99 Å². The van der Waals surface area contributed by atoms with Gasteiger partial charge in [0.1, 0.15) is 0 Å². The van der Waals surface area contributed by atoms with E-state index in [9.17, 15) is 5.11 Å². The van der Waals surface area contributed by atoms with Crippen LogP contribution in [-0.4, -0.2) is 60.6 Å². The second-order valence-corrected chi connectivity index (χ2v) is 5.98. The van der Waals surface area contributed by atoms with Crippen molar-refractivity contribution >= 4 is 33.0 Å². The number of H-pyrrole nitrogens is 1. The summed E-state index contributed by atoms with van der Waals surface area (Å²) in [5.74, 6) is 0.165. The fourth-order valence-electron chi connectivity index (χ4n) is 2.48. The zero-order valence-electron chi connectivity index (χ0n) is 11.7. The molecule has 0 radical (unpaired) electrons. The van der Waals surface area contributed by atoms with E-state index in [1.54, 1.807) is 6.21 Å². The number of hydrogen-bond acceptors (Lipinski definition) is 4. The first kappa shape index (κ1) is 14.6. The van der Waals surface area contributed by atoms with Crippen LogP contribution in [0.4, 0.5) is 0 Å². The second kappa shape index (κ2) is 6.60. The molecule has 6 heteroatoms. The molecule has 1 fully saturated rings. The molecule has 1 aromatic carbocycles. The molecule has 1 aliphatic rings. The normalized spacial score (nSPS) is 17.0. The Morgan fingerprint density at radius 2 is 2.19 bits per heavy atom. The molecule has 112 valence electrons. The van der Waals surface area contributed by atoms with Gasteiger partial charge in [0.2, 0.25) is 0 Å². The Balaban J connectivity index is 1.67. The van der Waals surface area contributed by atoms with Crippen LogP contribution in [0.5, 0.6) is 5.88 Å². The van der Waals surface area contributed by atoms with E-state index in [4.69, 9.17) is 4.74 Å². The van der Waals surface area contributed by atoms with E-state index in [1.807, 2.05) is 18.2 Å². The summed E-state index contributed by atoms with van der Waals surface area (Å²) < 4.78 is 6.30. The maximum atomic E-state index is 9.98. The standard InChI is InChI=1S/C15H18BrN3O2/c16-11-1-2-14-12(9-11)13(15(20)18-14)10-17-3-4-19-5-7-21-8-6-19/h1-2,9-10,18,20H,3-8H2. The quantitative estimate of drug-likeness (QED) is 0.831. The maximum absolute atomic E-state index is 9.98. The monoisotopic (exact) mass is 351 g/mol. The third-order valence-electron chi connectivity index (χ3n) is 3.65. The highest BCUT2D eigenvalue weighted by Crippen LogP contribution is 2.28. The number of fused-ring (bicyclic) bond motifs is 1. The van der Waals surface area contributed by atoms with Crippen LogP contribution in [0.1, 0.15) is 5.56 Å². The topological polar surface area (TPSA) is 60.8 Å². The molecule has 2 heterocycles. The van der Waals surface area contributed by atoms with E-state index < -0.39 is 0 Å². The average molecular weight is 352 g/mol. The van der Waals surface area contributed by atoms with E-state index in [0.29, 0.717) is 0 Å². The van der Waals surface area contributed by atoms with Gasteiger partial charge in [-0.2, -0.15) is 0 Å². The van der Waals surface area contributed by atoms with E-state index in [2.05, 4.69) is 30.8 Å². The summed E-state index contributed by atoms with van der Waals surface area (Å²) in [5.41, 5.74) is 1.65. The minimum absolute atomic E-state index is 0.165. The van der Waals surface area contributed by atoms with Gasteiger partial charge in [0.05, 0.1) is 25.3 Å². The van der Waals surface area contributed by atoms with Crippen molar-refractivity contribution in [2.75, 3.05) is 39.4 Å². The van der Waals surface area contributed by atoms with Gasteiger partial charge in [0.25, 0.3) is 0 Å². The van der Waals surface area contributed by atoms with Crippen LogP contribution in [0, 0.1) is 0 Å². The van der Waals surface area contributed by atoms with Gasteiger partial charge in [-0.15, -0.1) is 0 Å². The molecule has 0 amide bonds. The first-order chi connectivity index (χ1) is 10.2. The van der Waals surface area contributed by atoms with Crippen LogP contribution in [0.2, 0.25) is 0 Å². The number of morpholine rings is 1. The van der Waals surface area contributed by atoms with Gasteiger partial charge in [-0.1, -0.05) is 15.9 Å². The Kier molecular flexibility index (Phi) is 4.57. The lowest BCUT2D eigenvalue weighted by molar-refractivity contribution is 0.0395. The highest BCUT2D eigenvalue weighted by molar-refractivity contribution is 9.10. The SMILES string of the molecule is Oc1[nH]c2ccc(Br)cc2c1C=NCCN1CCOCC1. The number of nitrogens with zero attached hydrogens (tertiary/aromatic N) is 2. The molecule has 0 spiro atoms. The molecular formula is C15H18BrN3O2. The Morgan fingerprint density at radius 3 is 3.00 bits per heavy atom. The molecule has 1 aliphatic heterocycles. The van der Waals surface area contributed by atoms with Crippen LogP contribution in [0.15, 0.2) is 27.7 Å². The minimum Gasteiger partial charge on any atom is -0.494 e. The van der Waals surface area contributed by atoms with Gasteiger partial charge in [0.15, 0.2) is 5.88 Å². The molecule has 0 aliphatic carbocycles. The smallest absolute Gasteiger partial charge is 0.198 e. The molecule has 1 aromatic heterocycles. The highest BCUT2D eigenvalue weighted by Gasteiger charge is 2.10. The zero-order valence-corrected chi connectivity index (χ0v) is 13.3. The summed E-state index contributed by atoms with van der Waals surface area (Å²) >= 11 is 3.45. The van der Waals surface area contributed by atoms with E-state index >= 15 is 0 Å². The summed E-state index contributed by atoms with van der Waals surface area (Å²) in [6.45, 7) is 5.20. The van der Waals surface area contributed by atoms with Crippen LogP contribution in [0.3, 0.4) is 0 Å². The highest BCUT2D eigenvalue weighted by atomic mass is 79.9. The Morgan fingerprint density at radius 1 is 1.38 bits per heavy atom. The summed E-state index contributed by atoms with van der Waals surface area (Å²) in [5, 5.41) is 11.0. The predicted molar refractivity (Wildman–Crippen MR) is 87.4 cm³/mol. The number of aliphatic imine (C=N–C) groups is 1. The molecule has 0 saturated carbocycles. The fraction of sp³-hybridized carbons (Fsp3) is 0.400. The average Bonchev–Trinajstić information content (AvgIpc) is 2.80. The zero-order chi connectivity index (χ0) is 14.7. The maximum Gasteiger partial charge on any atom is 0.198 e. The summed E-state index contributed by atoms with van der Waals surface area (Å²) in [7, 11) is 0. The van der Waals surface area contributed by atoms with Crippen molar-refractivity contribution in [1.29, 1.82) is 0 Å². The molecule has 0 atom stereocenters. The van der Waals surface area contributed by atoms with Crippen molar-refractivity contribution in [2.45, 2.75) is 0 Å². The van der Waals surface area contributed by atoms with Gasteiger partial charge in [0, 0.05) is 41.2 Å². The van der Waals surface area contributed by atoms with E-state index in [0.717, 1.165) is 60.3 Å². The number of ether oxygens (including phenoxy) is 1. The lowest BCUT2D eigenvalue weighted by Gasteiger charge is -2.25. The molecule has 0 bridgehead atoms. The summed E-state index contributed by atoms with van der Waals surface area (Å²) in [6.07, 6.45) is 1.75. The van der Waals surface area contributed by atoms with Crippen molar-refractivity contribution in [3.8, 4) is 5.88 Å². The summed E-state index contributed by atoms with van der Waals surface area (Å²) in [6, 6.07) is 5.86. The molecule has 3 rings (SSSR count). The predicted octanol–water partition coefficient (Wildman–Crippen LogP) is 2.39. The van der Waals surface area contributed by atoms with Crippen molar-refractivity contribution in [1.82, 2.24) is 9.88 Å². The lowest BCUT2D eigenvalue weighted by Crippen LogP contribution is -2.37. The molecule has 1 saturated heterocycles. The first-order valence-electron chi connectivity index (χ1n) is 7.04. The second-order valence-electron chi connectivity index (χ2n) is 5.07. The number of aromatic hydroxyl groups is 1. The van der Waals surface area contributed by atoms with E-state index in [1.165, 1.54) is 0 Å². The Hall–Kier alpha value is -1.37. The van der Waals surface area contributed by atoms with Gasteiger partial charge >= 0.3 is 0 Å². The fourth-order valence-corrected chi connectivity index (χ4v) is 2.84. The van der Waals surface area contributed by atoms with E-state index in [-0.39, 0.29) is 5.88 Å². The molecule has 0 unspecified atom stereocenters. The van der Waals surface area contributed by atoms with Crippen molar-refractivity contribution < 1.29 is 9.84 Å². The Bertz CT molecular complexity index is 648. The van der Waals surface area contributed by atoms with Crippen LogP contribution in [-0.2, 0) is 4.74 Å². The third-order valence-corrected chi connectivity index (χ3v) is 4.14. The van der Waals surface area contributed by atoms with Gasteiger partial charge in [-0.05, 0) is 18.2 Å². The Labute approximate surface area is 131 Å². The van der Waals surface area contributed by atoms with Crippen molar-refractivity contribution in [3.05, 3.63) is 28.2 Å². The van der Waals surface area contributed by atoms with Crippen LogP contribution in [0.25, 0.3) is 10.9 Å². The molecule has 2 aromatic rings. The number of nitrogens with one attached hydrogen (secondary N) is 1. The molecular weight excluding hydrogens is 334 g/mol. The summed E-state index contributed by atoms with van der Waals surface area (Å²) in [4.78, 5) is 9.75. The minimum atomic E-state index is 0.165. The number of halogens is 1. The number of benzene rings is 1. The van der Waals surface area contributed by atoms with Crippen LogP contribution >= 0.6 is 15.9 Å². The number of aromatic amines is 1. The van der Waals surface area contributed by atoms with Crippen molar-refractivity contribution in [3.63, 3.8) is 0 Å². The number of hydrogen-bond donors (Lipinski definition) is 2. The van der Waals surface area contributed by atoms with Gasteiger partial charge < -0.3 is 14.8 Å². The third kappa shape index (κ3) is 3.45. The number of aromatic nitrogens is 1. The lowest BCUT2D eigenvalue weighted by atomic mass is 10.2. The first-order valence-corrected chi connectivity index (χ1v) is 7.83. The molecule has 21 heavy (non-hydrogen) atoms. The van der Waals surface area contributed by atoms with Crippen LogP contribution < -0.4 is 0 Å². The van der Waals surface area contributed by atoms with Gasteiger partial charge in [-0.3, -0.25) is 9.89 Å².